The molecule has 0 aliphatic rings. The van der Waals surface area contributed by atoms with Gasteiger partial charge in [-0.25, -0.2) is 0 Å². The fraction of sp³-hybridized carbons (Fsp3) is 0. The van der Waals surface area contributed by atoms with Crippen molar-refractivity contribution < 1.29 is 0 Å². The maximum absolute atomic E-state index is 2.38. The van der Waals surface area contributed by atoms with Crippen LogP contribution in [0.15, 0.2) is 267 Å². The highest BCUT2D eigenvalue weighted by atomic mass is 15.2. The lowest BCUT2D eigenvalue weighted by Crippen LogP contribution is -2.14. The third-order valence-corrected chi connectivity index (χ3v) is 11.9. The Balaban J connectivity index is 1.07. The Labute approximate surface area is 374 Å². The second-order valence-electron chi connectivity index (χ2n) is 15.8. The molecule has 11 rings (SSSR count). The van der Waals surface area contributed by atoms with Crippen LogP contribution in [0.5, 0.6) is 0 Å². The van der Waals surface area contributed by atoms with E-state index < -0.39 is 0 Å². The maximum Gasteiger partial charge on any atom is 0.0547 e. The van der Waals surface area contributed by atoms with Crippen LogP contribution >= 0.6 is 0 Å². The number of hydrogen-bond acceptors (Lipinski definition) is 3. The largest absolute Gasteiger partial charge is 0.310 e. The van der Waals surface area contributed by atoms with Crippen molar-refractivity contribution in [1.29, 1.82) is 0 Å². The van der Waals surface area contributed by atoms with Gasteiger partial charge in [0.05, 0.1) is 11.0 Å². The summed E-state index contributed by atoms with van der Waals surface area (Å²) in [7, 11) is 0. The summed E-state index contributed by atoms with van der Waals surface area (Å²) < 4.78 is 2.38. The molecule has 4 nitrogen and oxygen atoms in total. The molecule has 10 aromatic carbocycles. The van der Waals surface area contributed by atoms with Crippen molar-refractivity contribution in [2.24, 2.45) is 0 Å². The van der Waals surface area contributed by atoms with Gasteiger partial charge >= 0.3 is 0 Å². The highest BCUT2D eigenvalue weighted by Gasteiger charge is 2.21. The van der Waals surface area contributed by atoms with Crippen molar-refractivity contribution in [2.45, 2.75) is 0 Å². The smallest absolute Gasteiger partial charge is 0.0547 e. The lowest BCUT2D eigenvalue weighted by Gasteiger charge is -2.31. The van der Waals surface area contributed by atoms with Crippen LogP contribution in [0.4, 0.5) is 51.2 Å². The highest BCUT2D eigenvalue weighted by Crippen LogP contribution is 2.44. The number of nitrogens with zero attached hydrogens (tertiary/aromatic N) is 4. The number of para-hydroxylation sites is 6. The number of aromatic nitrogens is 1. The van der Waals surface area contributed by atoms with Gasteiger partial charge in [-0.15, -0.1) is 0 Å². The predicted octanol–water partition coefficient (Wildman–Crippen LogP) is 16.9. The molecule has 0 spiro atoms. The Morgan fingerprint density at radius 3 is 1.06 bits per heavy atom. The van der Waals surface area contributed by atoms with E-state index in [-0.39, 0.29) is 0 Å². The van der Waals surface area contributed by atoms with Crippen LogP contribution < -0.4 is 14.7 Å². The molecular formula is C60H44N4. The minimum atomic E-state index is 1.04. The second-order valence-corrected chi connectivity index (χ2v) is 15.8. The van der Waals surface area contributed by atoms with Gasteiger partial charge in [-0.05, 0) is 132 Å². The number of rotatable bonds is 11. The normalized spacial score (nSPS) is 11.1. The van der Waals surface area contributed by atoms with Crippen molar-refractivity contribution >= 4 is 73.0 Å². The molecule has 0 N–H and O–H groups in total. The van der Waals surface area contributed by atoms with Crippen LogP contribution in [0.25, 0.3) is 38.6 Å². The van der Waals surface area contributed by atoms with E-state index >= 15 is 0 Å². The van der Waals surface area contributed by atoms with Gasteiger partial charge in [-0.3, -0.25) is 0 Å². The van der Waals surface area contributed by atoms with Gasteiger partial charge in [0.1, 0.15) is 0 Å². The lowest BCUT2D eigenvalue weighted by atomic mass is 9.99. The van der Waals surface area contributed by atoms with Gasteiger partial charge in [0.15, 0.2) is 0 Å². The van der Waals surface area contributed by atoms with E-state index in [0.717, 1.165) is 62.4 Å². The van der Waals surface area contributed by atoms with Crippen molar-refractivity contribution in [3.63, 3.8) is 0 Å². The summed E-state index contributed by atoms with van der Waals surface area (Å²) in [6.07, 6.45) is 0. The second kappa shape index (κ2) is 17.0. The monoisotopic (exact) mass is 820 g/mol. The third kappa shape index (κ3) is 7.23. The third-order valence-electron chi connectivity index (χ3n) is 11.9. The van der Waals surface area contributed by atoms with Crippen LogP contribution in [-0.2, 0) is 0 Å². The number of fused-ring (bicyclic) bond motifs is 3. The van der Waals surface area contributed by atoms with E-state index in [1.165, 1.54) is 27.4 Å². The molecule has 0 atom stereocenters. The molecule has 1 heterocycles. The molecule has 0 aliphatic carbocycles. The molecule has 0 saturated carbocycles. The molecule has 0 radical (unpaired) electrons. The minimum absolute atomic E-state index is 1.04. The molecular weight excluding hydrogens is 777 g/mol. The fourth-order valence-corrected chi connectivity index (χ4v) is 9.10. The topological polar surface area (TPSA) is 14.7 Å². The average molecular weight is 821 g/mol. The molecule has 304 valence electrons. The molecule has 0 bridgehead atoms. The zero-order valence-corrected chi connectivity index (χ0v) is 35.2. The molecule has 0 aliphatic heterocycles. The summed E-state index contributed by atoms with van der Waals surface area (Å²) >= 11 is 0. The fourth-order valence-electron chi connectivity index (χ4n) is 9.10. The van der Waals surface area contributed by atoms with Crippen LogP contribution in [0.3, 0.4) is 0 Å². The molecule has 0 saturated heterocycles. The molecule has 1 aromatic heterocycles. The number of anilines is 9. The first-order chi connectivity index (χ1) is 31.8. The Morgan fingerprint density at radius 1 is 0.250 bits per heavy atom. The summed E-state index contributed by atoms with van der Waals surface area (Å²) in [6.45, 7) is 0. The van der Waals surface area contributed by atoms with Crippen LogP contribution in [0.2, 0.25) is 0 Å². The first-order valence-corrected chi connectivity index (χ1v) is 21.8. The summed E-state index contributed by atoms with van der Waals surface area (Å²) in [5.74, 6) is 0. The molecule has 4 heteroatoms. The first-order valence-electron chi connectivity index (χ1n) is 21.8. The summed E-state index contributed by atoms with van der Waals surface area (Å²) in [4.78, 5) is 7.02. The molecule has 64 heavy (non-hydrogen) atoms. The number of benzene rings is 10. The highest BCUT2D eigenvalue weighted by molar-refractivity contribution is 6.15. The maximum atomic E-state index is 2.38. The Bertz CT molecular complexity index is 3110. The van der Waals surface area contributed by atoms with Crippen molar-refractivity contribution in [3.05, 3.63) is 267 Å². The van der Waals surface area contributed by atoms with E-state index in [2.05, 4.69) is 286 Å². The van der Waals surface area contributed by atoms with Crippen LogP contribution in [-0.4, -0.2) is 4.57 Å². The van der Waals surface area contributed by atoms with Crippen LogP contribution in [0, 0.1) is 0 Å². The van der Waals surface area contributed by atoms with Crippen molar-refractivity contribution in [1.82, 2.24) is 4.57 Å². The first kappa shape index (κ1) is 38.3. The van der Waals surface area contributed by atoms with Crippen LogP contribution in [0.1, 0.15) is 0 Å². The zero-order chi connectivity index (χ0) is 42.7. The average Bonchev–Trinajstić information content (AvgIpc) is 3.71. The Kier molecular flexibility index (Phi) is 10.2. The lowest BCUT2D eigenvalue weighted by molar-refractivity contribution is 1.18. The molecule has 0 fully saturated rings. The van der Waals surface area contributed by atoms with Crippen molar-refractivity contribution in [3.8, 4) is 16.8 Å². The standard InChI is InChI=1S/C60H44N4/c1-6-21-46(22-7-1)61(47-23-8-2-9-24-47)52-31-18-33-54(43-52)63(55-34-19-32-53(44-55)62(48-25-10-3-11-26-48)49-27-12-4-13-28-49)51-41-39-45(40-42-51)56-36-20-38-59-60(56)57-35-16-17-37-58(57)64(59)50-29-14-5-15-30-50/h1-44H. The molecule has 0 amide bonds. The minimum Gasteiger partial charge on any atom is -0.310 e. The SMILES string of the molecule is c1ccc(N(c2ccccc2)c2cccc(N(c3ccc(-c4cccc5c4c4ccccc4n5-c4ccccc4)cc3)c3cccc(N(c4ccccc4)c4ccccc4)c3)c2)cc1. The van der Waals surface area contributed by atoms with Gasteiger partial charge in [0.25, 0.3) is 0 Å². The zero-order valence-electron chi connectivity index (χ0n) is 35.2. The van der Waals surface area contributed by atoms with Gasteiger partial charge in [-0.1, -0.05) is 146 Å². The van der Waals surface area contributed by atoms with E-state index in [4.69, 9.17) is 0 Å². The van der Waals surface area contributed by atoms with E-state index in [0.29, 0.717) is 0 Å². The molecule has 0 unspecified atom stereocenters. The Hall–Kier alpha value is -8.60. The van der Waals surface area contributed by atoms with Gasteiger partial charge in [0.2, 0.25) is 0 Å². The van der Waals surface area contributed by atoms with Gasteiger partial charge in [0, 0.05) is 67.6 Å². The summed E-state index contributed by atoms with van der Waals surface area (Å²) in [5.41, 5.74) is 15.5. The summed E-state index contributed by atoms with van der Waals surface area (Å²) in [6, 6.07) is 95.3. The van der Waals surface area contributed by atoms with E-state index in [1.807, 2.05) is 0 Å². The Morgan fingerprint density at radius 2 is 0.594 bits per heavy atom. The molecule has 11 aromatic rings. The van der Waals surface area contributed by atoms with E-state index in [9.17, 15) is 0 Å². The number of hydrogen-bond donors (Lipinski definition) is 0. The van der Waals surface area contributed by atoms with Gasteiger partial charge < -0.3 is 19.3 Å². The van der Waals surface area contributed by atoms with E-state index in [1.54, 1.807) is 0 Å². The quantitative estimate of drug-likeness (QED) is 0.129. The summed E-state index contributed by atoms with van der Waals surface area (Å²) in [5, 5.41) is 2.48. The predicted molar refractivity (Wildman–Crippen MR) is 270 cm³/mol. The van der Waals surface area contributed by atoms with Crippen molar-refractivity contribution in [2.75, 3.05) is 14.7 Å². The van der Waals surface area contributed by atoms with Gasteiger partial charge in [-0.2, -0.15) is 0 Å².